The van der Waals surface area contributed by atoms with Gasteiger partial charge in [0.25, 0.3) is 0 Å². The average Bonchev–Trinajstić information content (AvgIpc) is 3.31. The quantitative estimate of drug-likeness (QED) is 0.0209. The van der Waals surface area contributed by atoms with Crippen LogP contribution in [0.5, 0.6) is 0 Å². The van der Waals surface area contributed by atoms with Crippen molar-refractivity contribution < 1.29 is 73.8 Å². The minimum Gasteiger partial charge on any atom is -0.462 e. The Morgan fingerprint density at radius 1 is 0.485 bits per heavy atom. The van der Waals surface area contributed by atoms with Gasteiger partial charge in [0.1, 0.15) is 55.4 Å². The third kappa shape index (κ3) is 25.9. The van der Waals surface area contributed by atoms with Crippen molar-refractivity contribution in [2.24, 2.45) is 0 Å². The summed E-state index contributed by atoms with van der Waals surface area (Å²) >= 11 is 0. The number of carbonyl (C=O) groups is 2. The Morgan fingerprint density at radius 3 is 1.42 bits per heavy atom. The predicted octanol–water partition coefficient (Wildman–Crippen LogP) is 6.26. The SMILES string of the molecule is CC/C=C\C/C=C\C/C=C\CCCCCCCC(=O)OCC(COC1OC(COC2OC(CO)C(O)C(O)C2O)C(O)C(O)C1O)OC(=O)CCCCCCC/C=C\C/C=C\C/C=C\CC. The number of unbranched alkanes of at least 4 members (excludes halogenated alkanes) is 10. The molecule has 2 saturated heterocycles. The van der Waals surface area contributed by atoms with Gasteiger partial charge in [-0.2, -0.15) is 0 Å². The summed E-state index contributed by atoms with van der Waals surface area (Å²) in [6.07, 6.45) is 26.5. The summed E-state index contributed by atoms with van der Waals surface area (Å²) in [6, 6.07) is 0. The van der Waals surface area contributed by atoms with E-state index in [0.29, 0.717) is 12.8 Å². The number of ether oxygens (including phenoxy) is 6. The highest BCUT2D eigenvalue weighted by atomic mass is 16.7. The molecule has 0 spiro atoms. The van der Waals surface area contributed by atoms with Gasteiger partial charge in [0.2, 0.25) is 0 Å². The zero-order valence-corrected chi connectivity index (χ0v) is 39.6. The van der Waals surface area contributed by atoms with Gasteiger partial charge in [-0.15, -0.1) is 0 Å². The highest BCUT2D eigenvalue weighted by molar-refractivity contribution is 5.70. The fourth-order valence-electron chi connectivity index (χ4n) is 7.18. The van der Waals surface area contributed by atoms with Gasteiger partial charge in [0, 0.05) is 12.8 Å². The van der Waals surface area contributed by atoms with Crippen molar-refractivity contribution in [2.45, 2.75) is 210 Å². The molecule has 0 aromatic rings. The van der Waals surface area contributed by atoms with Crippen molar-refractivity contribution in [3.05, 3.63) is 72.9 Å². The molecule has 66 heavy (non-hydrogen) atoms. The van der Waals surface area contributed by atoms with E-state index in [4.69, 9.17) is 28.4 Å². The van der Waals surface area contributed by atoms with Crippen LogP contribution in [0.3, 0.4) is 0 Å². The lowest BCUT2D eigenvalue weighted by molar-refractivity contribution is -0.332. The summed E-state index contributed by atoms with van der Waals surface area (Å²) in [5.41, 5.74) is 0. The molecule has 11 unspecified atom stereocenters. The van der Waals surface area contributed by atoms with Crippen molar-refractivity contribution in [1.82, 2.24) is 0 Å². The minimum absolute atomic E-state index is 0.138. The Morgan fingerprint density at radius 2 is 0.909 bits per heavy atom. The van der Waals surface area contributed by atoms with Gasteiger partial charge >= 0.3 is 11.9 Å². The fraction of sp³-hybridized carbons (Fsp3) is 0.725. The summed E-state index contributed by atoms with van der Waals surface area (Å²) in [5.74, 6) is -0.973. The number of carbonyl (C=O) groups excluding carboxylic acids is 2. The second kappa shape index (κ2) is 37.9. The highest BCUT2D eigenvalue weighted by Gasteiger charge is 2.47. The van der Waals surface area contributed by atoms with Crippen molar-refractivity contribution >= 4 is 11.9 Å². The molecule has 2 rings (SSSR count). The van der Waals surface area contributed by atoms with Crippen molar-refractivity contribution in [3.8, 4) is 0 Å². The van der Waals surface area contributed by atoms with Crippen LogP contribution in [0.4, 0.5) is 0 Å². The van der Waals surface area contributed by atoms with E-state index in [2.05, 4.69) is 86.8 Å². The lowest BCUT2D eigenvalue weighted by Crippen LogP contribution is -2.61. The molecule has 0 aliphatic carbocycles. The average molecular weight is 937 g/mol. The molecule has 0 saturated carbocycles. The van der Waals surface area contributed by atoms with Crippen LogP contribution in [0.25, 0.3) is 0 Å². The summed E-state index contributed by atoms with van der Waals surface area (Å²) in [6.45, 7) is 2.30. The Bertz CT molecular complexity index is 1430. The van der Waals surface area contributed by atoms with Gasteiger partial charge in [-0.25, -0.2) is 0 Å². The lowest BCUT2D eigenvalue weighted by atomic mass is 9.98. The molecule has 2 fully saturated rings. The van der Waals surface area contributed by atoms with Gasteiger partial charge < -0.3 is 64.2 Å². The van der Waals surface area contributed by atoms with Crippen LogP contribution >= 0.6 is 0 Å². The van der Waals surface area contributed by atoms with Crippen LogP contribution in [0.15, 0.2) is 72.9 Å². The van der Waals surface area contributed by atoms with E-state index in [9.17, 15) is 45.3 Å². The van der Waals surface area contributed by atoms with Gasteiger partial charge in [0.15, 0.2) is 18.7 Å². The Hall–Kier alpha value is -3.06. The van der Waals surface area contributed by atoms with E-state index >= 15 is 0 Å². The van der Waals surface area contributed by atoms with Crippen LogP contribution in [0.1, 0.15) is 142 Å². The third-order valence-corrected chi connectivity index (χ3v) is 11.2. The third-order valence-electron chi connectivity index (χ3n) is 11.2. The fourth-order valence-corrected chi connectivity index (χ4v) is 7.18. The largest absolute Gasteiger partial charge is 0.462 e. The maximum Gasteiger partial charge on any atom is 0.306 e. The first-order valence-electron chi connectivity index (χ1n) is 24.5. The first-order chi connectivity index (χ1) is 32.0. The summed E-state index contributed by atoms with van der Waals surface area (Å²) in [5, 5.41) is 72.0. The molecular formula is C51H84O15. The van der Waals surface area contributed by atoms with E-state index < -0.39 is 99.3 Å². The van der Waals surface area contributed by atoms with Gasteiger partial charge in [-0.05, 0) is 77.0 Å². The standard InChI is InChI=1S/C51H84O15/c1-3-5-7-9-11-13-15-17-19-21-23-25-27-29-31-33-42(53)61-36-39(64-43(54)34-32-30-28-26-24-22-20-18-16-14-12-10-8-6-4-2)37-62-50-49(60)47(58)45(56)41(66-50)38-63-51-48(59)46(57)44(55)40(35-52)65-51/h5-8,11-14,17-20,39-41,44-52,55-60H,3-4,9-10,15-16,21-38H2,1-2H3/b7-5-,8-6-,13-11-,14-12-,19-17-,20-18-. The van der Waals surface area contributed by atoms with E-state index in [1.165, 1.54) is 0 Å². The smallest absolute Gasteiger partial charge is 0.306 e. The highest BCUT2D eigenvalue weighted by Crippen LogP contribution is 2.26. The number of aliphatic hydroxyl groups is 7. The summed E-state index contributed by atoms with van der Waals surface area (Å²) < 4.78 is 33.5. The first-order valence-corrected chi connectivity index (χ1v) is 24.5. The summed E-state index contributed by atoms with van der Waals surface area (Å²) in [7, 11) is 0. The maximum absolute atomic E-state index is 13.0. The normalized spacial score (nSPS) is 26.8. The van der Waals surface area contributed by atoms with Crippen LogP contribution in [0, 0.1) is 0 Å². The van der Waals surface area contributed by atoms with Gasteiger partial charge in [-0.3, -0.25) is 9.59 Å². The molecule has 2 aliphatic heterocycles. The maximum atomic E-state index is 13.0. The number of rotatable bonds is 36. The molecule has 15 heteroatoms. The zero-order valence-electron chi connectivity index (χ0n) is 39.6. The predicted molar refractivity (Wildman–Crippen MR) is 252 cm³/mol. The zero-order chi connectivity index (χ0) is 48.2. The Balaban J connectivity index is 1.84. The molecule has 11 atom stereocenters. The summed E-state index contributed by atoms with van der Waals surface area (Å²) in [4.78, 5) is 25.7. The lowest BCUT2D eigenvalue weighted by Gasteiger charge is -2.42. The molecule has 2 heterocycles. The van der Waals surface area contributed by atoms with Crippen LogP contribution < -0.4 is 0 Å². The van der Waals surface area contributed by atoms with Gasteiger partial charge in [0.05, 0.1) is 19.8 Å². The minimum atomic E-state index is -1.77. The number of hydrogen-bond acceptors (Lipinski definition) is 15. The Labute approximate surface area is 393 Å². The molecule has 15 nitrogen and oxygen atoms in total. The molecule has 0 aromatic carbocycles. The Kier molecular flexibility index (Phi) is 33.9. The molecule has 2 aliphatic rings. The van der Waals surface area contributed by atoms with Crippen molar-refractivity contribution in [1.29, 1.82) is 0 Å². The molecule has 0 radical (unpaired) electrons. The molecule has 378 valence electrons. The number of esters is 2. The number of aliphatic hydroxyl groups excluding tert-OH is 7. The molecule has 0 amide bonds. The van der Waals surface area contributed by atoms with E-state index in [1.807, 2.05) is 0 Å². The topological polar surface area (TPSA) is 231 Å². The van der Waals surface area contributed by atoms with Crippen LogP contribution in [-0.2, 0) is 38.0 Å². The van der Waals surface area contributed by atoms with E-state index in [-0.39, 0.29) is 19.4 Å². The van der Waals surface area contributed by atoms with Crippen LogP contribution in [0.2, 0.25) is 0 Å². The second-order valence-corrected chi connectivity index (χ2v) is 16.9. The van der Waals surface area contributed by atoms with E-state index in [0.717, 1.165) is 103 Å². The van der Waals surface area contributed by atoms with E-state index in [1.54, 1.807) is 0 Å². The molecule has 7 N–H and O–H groups in total. The molecular weight excluding hydrogens is 853 g/mol. The van der Waals surface area contributed by atoms with Crippen molar-refractivity contribution in [2.75, 3.05) is 26.4 Å². The molecule has 0 aromatic heterocycles. The second-order valence-electron chi connectivity index (χ2n) is 16.9. The van der Waals surface area contributed by atoms with Crippen LogP contribution in [-0.4, -0.2) is 142 Å². The molecule has 0 bridgehead atoms. The number of allylic oxidation sites excluding steroid dienone is 12. The number of hydrogen-bond donors (Lipinski definition) is 7. The van der Waals surface area contributed by atoms with Gasteiger partial charge in [-0.1, -0.05) is 125 Å². The van der Waals surface area contributed by atoms with Crippen molar-refractivity contribution in [3.63, 3.8) is 0 Å². The first kappa shape index (κ1) is 59.1. The monoisotopic (exact) mass is 937 g/mol.